The minimum atomic E-state index is -3.53. The molecule has 0 aliphatic rings. The van der Waals surface area contributed by atoms with Crippen LogP contribution in [0.25, 0.3) is 10.2 Å². The summed E-state index contributed by atoms with van der Waals surface area (Å²) in [5.74, 6) is 0.254. The number of anilines is 1. The third kappa shape index (κ3) is 6.03. The van der Waals surface area contributed by atoms with Crippen LogP contribution < -0.4 is 9.64 Å². The quantitative estimate of drug-likeness (QED) is 0.460. The van der Waals surface area contributed by atoms with Crippen molar-refractivity contribution in [2.45, 2.75) is 18.2 Å². The Balaban J connectivity index is 1.81. The van der Waals surface area contributed by atoms with Gasteiger partial charge in [-0.05, 0) is 51.4 Å². The molecule has 2 aromatic carbocycles. The Hall–Kier alpha value is -2.49. The van der Waals surface area contributed by atoms with Crippen LogP contribution in [0.3, 0.4) is 0 Å². The van der Waals surface area contributed by atoms with Crippen LogP contribution in [-0.4, -0.2) is 63.8 Å². The number of aromatic nitrogens is 1. The molecule has 3 aromatic rings. The van der Waals surface area contributed by atoms with Crippen molar-refractivity contribution in [3.63, 3.8) is 0 Å². The fourth-order valence-electron chi connectivity index (χ4n) is 2.99. The largest absolute Gasteiger partial charge is 0.494 e. The number of ether oxygens (including phenoxy) is 1. The molecule has 0 unspecified atom stereocenters. The van der Waals surface area contributed by atoms with Crippen LogP contribution in [0.5, 0.6) is 5.75 Å². The molecule has 166 valence electrons. The smallest absolute Gasteiger partial charge is 0.229 e. The highest BCUT2D eigenvalue weighted by atomic mass is 32.2. The molecule has 7 nitrogen and oxygen atoms in total. The number of amides is 1. The second-order valence-corrected chi connectivity index (χ2v) is 10.4. The van der Waals surface area contributed by atoms with Crippen molar-refractivity contribution in [2.75, 3.05) is 44.4 Å². The molecule has 0 atom stereocenters. The van der Waals surface area contributed by atoms with Crippen molar-refractivity contribution >= 4 is 42.4 Å². The lowest BCUT2D eigenvalue weighted by Gasteiger charge is -2.22. The molecule has 0 fully saturated rings. The van der Waals surface area contributed by atoms with Gasteiger partial charge in [0.25, 0.3) is 0 Å². The second kappa shape index (κ2) is 10.2. The SMILES string of the molecule is CCOc1ccc2nc(N(CCN(C)C)C(=O)CCS(=O)(=O)c3ccccc3)sc2c1. The van der Waals surface area contributed by atoms with Crippen molar-refractivity contribution < 1.29 is 17.9 Å². The maximum atomic E-state index is 13.1. The first-order chi connectivity index (χ1) is 14.8. The molecule has 0 aliphatic heterocycles. The van der Waals surface area contributed by atoms with E-state index >= 15 is 0 Å². The molecule has 0 radical (unpaired) electrons. The number of hydrogen-bond acceptors (Lipinski definition) is 7. The molecular formula is C22H27N3O4S2. The third-order valence-electron chi connectivity index (χ3n) is 4.65. The van der Waals surface area contributed by atoms with Gasteiger partial charge in [-0.2, -0.15) is 0 Å². The van der Waals surface area contributed by atoms with Crippen molar-refractivity contribution in [3.8, 4) is 5.75 Å². The molecule has 0 spiro atoms. The number of thiazole rings is 1. The molecular weight excluding hydrogens is 434 g/mol. The summed E-state index contributed by atoms with van der Waals surface area (Å²) in [7, 11) is 0.321. The minimum absolute atomic E-state index is 0.106. The Morgan fingerprint density at radius 2 is 1.84 bits per heavy atom. The molecule has 31 heavy (non-hydrogen) atoms. The van der Waals surface area contributed by atoms with Gasteiger partial charge in [-0.3, -0.25) is 9.69 Å². The standard InChI is InChI=1S/C22H27N3O4S2/c1-4-29-17-10-11-19-20(16-17)30-22(23-19)25(14-13-24(2)3)21(26)12-15-31(27,28)18-8-6-5-7-9-18/h5-11,16H,4,12-15H2,1-3H3. The van der Waals surface area contributed by atoms with Crippen LogP contribution in [0.4, 0.5) is 5.13 Å². The van der Waals surface area contributed by atoms with Gasteiger partial charge >= 0.3 is 0 Å². The second-order valence-electron chi connectivity index (χ2n) is 7.29. The van der Waals surface area contributed by atoms with Gasteiger partial charge in [0.05, 0.1) is 27.5 Å². The van der Waals surface area contributed by atoms with Gasteiger partial charge in [-0.15, -0.1) is 0 Å². The number of sulfone groups is 1. The number of fused-ring (bicyclic) bond motifs is 1. The normalized spacial score (nSPS) is 11.7. The van der Waals surface area contributed by atoms with E-state index in [4.69, 9.17) is 4.74 Å². The lowest BCUT2D eigenvalue weighted by Crippen LogP contribution is -2.37. The predicted molar refractivity (Wildman–Crippen MR) is 125 cm³/mol. The third-order valence-corrected chi connectivity index (χ3v) is 7.42. The number of carbonyl (C=O) groups excluding carboxylic acids is 1. The van der Waals surface area contributed by atoms with E-state index in [1.54, 1.807) is 35.2 Å². The van der Waals surface area contributed by atoms with Crippen LogP contribution in [0.1, 0.15) is 13.3 Å². The molecule has 0 saturated carbocycles. The lowest BCUT2D eigenvalue weighted by atomic mass is 10.3. The summed E-state index contributed by atoms with van der Waals surface area (Å²) in [5, 5.41) is 0.563. The number of benzene rings is 2. The average molecular weight is 462 g/mol. The van der Waals surface area contributed by atoms with Gasteiger partial charge < -0.3 is 9.64 Å². The summed E-state index contributed by atoms with van der Waals surface area (Å²) < 4.78 is 31.7. The van der Waals surface area contributed by atoms with Crippen molar-refractivity contribution in [3.05, 3.63) is 48.5 Å². The number of carbonyl (C=O) groups is 1. The molecule has 1 amide bonds. The Labute approximate surface area is 187 Å². The maximum Gasteiger partial charge on any atom is 0.229 e. The first-order valence-electron chi connectivity index (χ1n) is 10.1. The summed E-state index contributed by atoms with van der Waals surface area (Å²) in [6.45, 7) is 3.56. The van der Waals surface area contributed by atoms with Gasteiger partial charge in [0.2, 0.25) is 5.91 Å². The van der Waals surface area contributed by atoms with E-state index in [9.17, 15) is 13.2 Å². The number of likely N-dealkylation sites (N-methyl/N-ethyl adjacent to an activating group) is 1. The molecule has 0 saturated heterocycles. The highest BCUT2D eigenvalue weighted by Crippen LogP contribution is 2.32. The van der Waals surface area contributed by atoms with E-state index in [1.165, 1.54) is 11.3 Å². The maximum absolute atomic E-state index is 13.1. The number of rotatable bonds is 10. The average Bonchev–Trinajstić information content (AvgIpc) is 3.16. The van der Waals surface area contributed by atoms with E-state index in [0.29, 0.717) is 24.8 Å². The van der Waals surface area contributed by atoms with E-state index in [2.05, 4.69) is 4.98 Å². The Morgan fingerprint density at radius 1 is 1.10 bits per heavy atom. The molecule has 0 aliphatic carbocycles. The monoisotopic (exact) mass is 461 g/mol. The molecule has 0 bridgehead atoms. The van der Waals surface area contributed by atoms with Gasteiger partial charge in [0, 0.05) is 19.5 Å². The van der Waals surface area contributed by atoms with Crippen LogP contribution in [0, 0.1) is 0 Å². The fourth-order valence-corrected chi connectivity index (χ4v) is 5.28. The molecule has 0 N–H and O–H groups in total. The van der Waals surface area contributed by atoms with Crippen molar-refractivity contribution in [2.24, 2.45) is 0 Å². The molecule has 1 aromatic heterocycles. The lowest BCUT2D eigenvalue weighted by molar-refractivity contribution is -0.118. The van der Waals surface area contributed by atoms with Crippen LogP contribution in [0.2, 0.25) is 0 Å². The summed E-state index contributed by atoms with van der Waals surface area (Å²) in [6.07, 6.45) is -0.106. The zero-order valence-corrected chi connectivity index (χ0v) is 19.6. The zero-order valence-electron chi connectivity index (χ0n) is 17.9. The minimum Gasteiger partial charge on any atom is -0.494 e. The zero-order chi connectivity index (χ0) is 22.4. The van der Waals surface area contributed by atoms with Gasteiger partial charge in [0.15, 0.2) is 15.0 Å². The molecule has 1 heterocycles. The predicted octanol–water partition coefficient (Wildman–Crippen LogP) is 3.45. The Kier molecular flexibility index (Phi) is 7.64. The summed E-state index contributed by atoms with van der Waals surface area (Å²) in [4.78, 5) is 21.5. The summed E-state index contributed by atoms with van der Waals surface area (Å²) in [5.41, 5.74) is 0.781. The van der Waals surface area contributed by atoms with Crippen LogP contribution in [0.15, 0.2) is 53.4 Å². The summed E-state index contributed by atoms with van der Waals surface area (Å²) >= 11 is 1.40. The topological polar surface area (TPSA) is 79.8 Å². The van der Waals surface area contributed by atoms with Crippen molar-refractivity contribution in [1.29, 1.82) is 0 Å². The van der Waals surface area contributed by atoms with Gasteiger partial charge in [0.1, 0.15) is 5.75 Å². The molecule has 3 rings (SSSR count). The first-order valence-corrected chi connectivity index (χ1v) is 12.5. The Morgan fingerprint density at radius 3 is 2.52 bits per heavy atom. The fraction of sp³-hybridized carbons (Fsp3) is 0.364. The van der Waals surface area contributed by atoms with E-state index in [1.807, 2.05) is 44.1 Å². The van der Waals surface area contributed by atoms with Crippen LogP contribution >= 0.6 is 11.3 Å². The number of nitrogens with zero attached hydrogens (tertiary/aromatic N) is 3. The Bertz CT molecular complexity index is 1130. The van der Waals surface area contributed by atoms with E-state index in [0.717, 1.165) is 16.0 Å². The highest BCUT2D eigenvalue weighted by molar-refractivity contribution is 7.91. The van der Waals surface area contributed by atoms with Gasteiger partial charge in [-0.25, -0.2) is 13.4 Å². The summed E-state index contributed by atoms with van der Waals surface area (Å²) in [6, 6.07) is 13.8. The van der Waals surface area contributed by atoms with Gasteiger partial charge in [-0.1, -0.05) is 29.5 Å². The van der Waals surface area contributed by atoms with Crippen LogP contribution in [-0.2, 0) is 14.6 Å². The highest BCUT2D eigenvalue weighted by Gasteiger charge is 2.23. The number of hydrogen-bond donors (Lipinski definition) is 0. The van der Waals surface area contributed by atoms with E-state index in [-0.39, 0.29) is 23.0 Å². The van der Waals surface area contributed by atoms with Crippen molar-refractivity contribution in [1.82, 2.24) is 9.88 Å². The first kappa shape index (κ1) is 23.2. The molecule has 9 heteroatoms. The van der Waals surface area contributed by atoms with E-state index < -0.39 is 9.84 Å².